The van der Waals surface area contributed by atoms with Crippen LogP contribution in [0.15, 0.2) is 35.6 Å². The van der Waals surface area contributed by atoms with Gasteiger partial charge in [0.2, 0.25) is 5.95 Å². The summed E-state index contributed by atoms with van der Waals surface area (Å²) in [6.07, 6.45) is 3.26. The fourth-order valence-electron chi connectivity index (χ4n) is 2.26. The van der Waals surface area contributed by atoms with E-state index in [1.807, 2.05) is 42.0 Å². The van der Waals surface area contributed by atoms with Crippen LogP contribution in [0.2, 0.25) is 5.02 Å². The Hall–Kier alpha value is -2.12. The molecule has 0 atom stereocenters. The molecule has 0 aliphatic heterocycles. The van der Waals surface area contributed by atoms with Crippen LogP contribution in [0.5, 0.6) is 0 Å². The highest BCUT2D eigenvalue weighted by molar-refractivity contribution is 7.98. The first-order valence-corrected chi connectivity index (χ1v) is 8.57. The highest BCUT2D eigenvalue weighted by Gasteiger charge is 2.17. The van der Waals surface area contributed by atoms with Gasteiger partial charge in [-0.05, 0) is 25.3 Å². The number of carbonyl (C=O) groups excluding carboxylic acids is 1. The van der Waals surface area contributed by atoms with E-state index < -0.39 is 5.91 Å². The maximum Gasteiger partial charge on any atom is 0.278 e. The molecule has 0 spiro atoms. The molecule has 1 N–H and O–H groups in total. The summed E-state index contributed by atoms with van der Waals surface area (Å²) >= 11 is 7.39. The molecule has 1 aromatic carbocycles. The van der Waals surface area contributed by atoms with Crippen LogP contribution >= 0.6 is 23.4 Å². The van der Waals surface area contributed by atoms with Gasteiger partial charge < -0.3 is 4.57 Å². The number of amides is 1. The second kappa shape index (κ2) is 6.55. The van der Waals surface area contributed by atoms with Gasteiger partial charge in [-0.15, -0.1) is 0 Å². The zero-order valence-corrected chi connectivity index (χ0v) is 14.1. The summed E-state index contributed by atoms with van der Waals surface area (Å²) in [7, 11) is 0. The molecule has 6 nitrogen and oxygen atoms in total. The van der Waals surface area contributed by atoms with Crippen LogP contribution in [0, 0.1) is 0 Å². The number of nitrogens with zero attached hydrogens (tertiary/aromatic N) is 4. The number of hydrogen-bond acceptors (Lipinski definition) is 5. The van der Waals surface area contributed by atoms with Crippen LogP contribution in [0.25, 0.3) is 11.0 Å². The molecule has 3 rings (SSSR count). The molecule has 118 valence electrons. The molecule has 1 amide bonds. The molecule has 0 unspecified atom stereocenters. The number of thioether (sulfide) groups is 1. The van der Waals surface area contributed by atoms with Crippen LogP contribution < -0.4 is 5.32 Å². The second-order valence-electron chi connectivity index (χ2n) is 4.68. The van der Waals surface area contributed by atoms with E-state index in [9.17, 15) is 4.79 Å². The van der Waals surface area contributed by atoms with Gasteiger partial charge in [0.25, 0.3) is 5.91 Å². The van der Waals surface area contributed by atoms with Crippen molar-refractivity contribution < 1.29 is 4.79 Å². The fourth-order valence-corrected chi connectivity index (χ4v) is 2.78. The lowest BCUT2D eigenvalue weighted by Crippen LogP contribution is -2.18. The van der Waals surface area contributed by atoms with Crippen molar-refractivity contribution in [1.29, 1.82) is 0 Å². The number of fused-ring (bicyclic) bond motifs is 1. The minimum absolute atomic E-state index is 0.140. The monoisotopic (exact) mass is 347 g/mol. The molecule has 8 heteroatoms. The minimum Gasteiger partial charge on any atom is -0.310 e. The Morgan fingerprint density at radius 3 is 2.87 bits per heavy atom. The van der Waals surface area contributed by atoms with E-state index in [2.05, 4.69) is 20.3 Å². The predicted molar refractivity (Wildman–Crippen MR) is 92.2 cm³/mol. The predicted octanol–water partition coefficient (Wildman–Crippen LogP) is 3.47. The van der Waals surface area contributed by atoms with Gasteiger partial charge in [-0.3, -0.25) is 10.1 Å². The molecular weight excluding hydrogens is 334 g/mol. The van der Waals surface area contributed by atoms with Crippen molar-refractivity contribution in [1.82, 2.24) is 19.5 Å². The quantitative estimate of drug-likeness (QED) is 0.578. The summed E-state index contributed by atoms with van der Waals surface area (Å²) in [5, 5.41) is 3.49. The number of benzene rings is 1. The number of carbonyl (C=O) groups is 1. The van der Waals surface area contributed by atoms with Crippen molar-refractivity contribution in [3.8, 4) is 0 Å². The smallest absolute Gasteiger partial charge is 0.278 e. The average Bonchev–Trinajstić information content (AvgIpc) is 2.92. The average molecular weight is 348 g/mol. The third-order valence-electron chi connectivity index (χ3n) is 3.32. The molecule has 0 fully saturated rings. The minimum atomic E-state index is -0.405. The molecule has 0 aliphatic rings. The molecule has 3 aromatic rings. The molecule has 23 heavy (non-hydrogen) atoms. The number of para-hydroxylation sites is 2. The van der Waals surface area contributed by atoms with E-state index >= 15 is 0 Å². The Kier molecular flexibility index (Phi) is 4.49. The normalized spacial score (nSPS) is 10.9. The zero-order chi connectivity index (χ0) is 16.4. The summed E-state index contributed by atoms with van der Waals surface area (Å²) in [4.78, 5) is 25.2. The Morgan fingerprint density at radius 1 is 1.35 bits per heavy atom. The Bertz CT molecular complexity index is 879. The van der Waals surface area contributed by atoms with Crippen molar-refractivity contribution in [3.63, 3.8) is 0 Å². The molecular formula is C15H14ClN5OS. The van der Waals surface area contributed by atoms with E-state index in [-0.39, 0.29) is 10.7 Å². The lowest BCUT2D eigenvalue weighted by molar-refractivity contribution is 0.102. The van der Waals surface area contributed by atoms with Gasteiger partial charge in [0, 0.05) is 6.54 Å². The van der Waals surface area contributed by atoms with Gasteiger partial charge in [0.1, 0.15) is 0 Å². The van der Waals surface area contributed by atoms with E-state index in [1.54, 1.807) is 0 Å². The summed E-state index contributed by atoms with van der Waals surface area (Å²) in [6.45, 7) is 2.68. The first-order chi connectivity index (χ1) is 11.1. The zero-order valence-electron chi connectivity index (χ0n) is 12.6. The highest BCUT2D eigenvalue weighted by atomic mass is 35.5. The molecule has 0 bridgehead atoms. The number of anilines is 1. The number of nitrogens with one attached hydrogen (secondary N) is 1. The van der Waals surface area contributed by atoms with Gasteiger partial charge in [-0.2, -0.15) is 0 Å². The van der Waals surface area contributed by atoms with Crippen molar-refractivity contribution in [2.75, 3.05) is 11.6 Å². The Morgan fingerprint density at radius 2 is 2.13 bits per heavy atom. The van der Waals surface area contributed by atoms with Crippen molar-refractivity contribution >= 4 is 46.3 Å². The molecule has 2 heterocycles. The summed E-state index contributed by atoms with van der Waals surface area (Å²) in [6, 6.07) is 7.71. The topological polar surface area (TPSA) is 72.7 Å². The van der Waals surface area contributed by atoms with Crippen molar-refractivity contribution in [2.24, 2.45) is 0 Å². The SMILES string of the molecule is CCn1c(NC(=O)c2nc(SC)ncc2Cl)nc2ccccc21. The van der Waals surface area contributed by atoms with Gasteiger partial charge >= 0.3 is 0 Å². The number of imidazole rings is 1. The molecule has 0 saturated heterocycles. The van der Waals surface area contributed by atoms with E-state index in [0.717, 1.165) is 11.0 Å². The number of rotatable bonds is 4. The van der Waals surface area contributed by atoms with Crippen molar-refractivity contribution in [2.45, 2.75) is 18.6 Å². The lowest BCUT2D eigenvalue weighted by atomic mass is 10.3. The third-order valence-corrected chi connectivity index (χ3v) is 4.15. The molecule has 0 aliphatic carbocycles. The standard InChI is InChI=1S/C15H14ClN5OS/c1-3-21-11-7-5-4-6-10(11)18-14(21)20-13(22)12-9(16)8-17-15(19-12)23-2/h4-8H,3H2,1-2H3,(H,18,20,22). The van der Waals surface area contributed by atoms with Crippen LogP contribution in [0.4, 0.5) is 5.95 Å². The van der Waals surface area contributed by atoms with Crippen LogP contribution in [0.1, 0.15) is 17.4 Å². The summed E-state index contributed by atoms with van der Waals surface area (Å²) in [5.74, 6) is 0.0665. The van der Waals surface area contributed by atoms with E-state index in [1.165, 1.54) is 18.0 Å². The fraction of sp³-hybridized carbons (Fsp3) is 0.200. The van der Waals surface area contributed by atoms with Crippen LogP contribution in [-0.4, -0.2) is 31.7 Å². The Balaban J connectivity index is 1.97. The van der Waals surface area contributed by atoms with Gasteiger partial charge in [-0.25, -0.2) is 15.0 Å². The van der Waals surface area contributed by atoms with Gasteiger partial charge in [0.15, 0.2) is 10.9 Å². The number of aromatic nitrogens is 4. The summed E-state index contributed by atoms with van der Waals surface area (Å²) in [5.41, 5.74) is 1.92. The molecule has 0 saturated carbocycles. The van der Waals surface area contributed by atoms with Crippen LogP contribution in [-0.2, 0) is 6.54 Å². The summed E-state index contributed by atoms with van der Waals surface area (Å²) < 4.78 is 1.93. The van der Waals surface area contributed by atoms with E-state index in [0.29, 0.717) is 17.6 Å². The van der Waals surface area contributed by atoms with Gasteiger partial charge in [0.05, 0.1) is 22.3 Å². The maximum absolute atomic E-state index is 12.5. The molecule has 2 aromatic heterocycles. The number of aryl methyl sites for hydroxylation is 1. The first-order valence-electron chi connectivity index (χ1n) is 6.97. The van der Waals surface area contributed by atoms with E-state index in [4.69, 9.17) is 11.6 Å². The molecule has 0 radical (unpaired) electrons. The third kappa shape index (κ3) is 3.02. The number of hydrogen-bond donors (Lipinski definition) is 1. The highest BCUT2D eigenvalue weighted by Crippen LogP contribution is 2.21. The van der Waals surface area contributed by atoms with Crippen molar-refractivity contribution in [3.05, 3.63) is 41.2 Å². The maximum atomic E-state index is 12.5. The Labute approximate surface area is 142 Å². The van der Waals surface area contributed by atoms with Crippen LogP contribution in [0.3, 0.4) is 0 Å². The largest absolute Gasteiger partial charge is 0.310 e. The number of halogens is 1. The van der Waals surface area contributed by atoms with Gasteiger partial charge in [-0.1, -0.05) is 35.5 Å². The lowest BCUT2D eigenvalue weighted by Gasteiger charge is -2.08. The second-order valence-corrected chi connectivity index (χ2v) is 5.86. The first kappa shape index (κ1) is 15.8.